The van der Waals surface area contributed by atoms with Crippen molar-refractivity contribution in [2.75, 3.05) is 5.73 Å². The Balaban J connectivity index is 1.71. The van der Waals surface area contributed by atoms with Crippen LogP contribution in [0.3, 0.4) is 0 Å². The van der Waals surface area contributed by atoms with Crippen molar-refractivity contribution in [2.24, 2.45) is 11.1 Å². The van der Waals surface area contributed by atoms with Crippen molar-refractivity contribution in [3.63, 3.8) is 0 Å². The van der Waals surface area contributed by atoms with Crippen molar-refractivity contribution in [3.8, 4) is 11.3 Å². The summed E-state index contributed by atoms with van der Waals surface area (Å²) in [5, 5.41) is 8.50. The lowest BCUT2D eigenvalue weighted by molar-refractivity contribution is -0.117. The van der Waals surface area contributed by atoms with Crippen molar-refractivity contribution < 1.29 is 14.1 Å². The Morgan fingerprint density at radius 3 is 2.34 bits per heavy atom. The molecule has 1 aromatic carbocycles. The number of hydrogen-bond donors (Lipinski definition) is 2. The third-order valence-corrected chi connectivity index (χ3v) is 5.00. The molecule has 32 heavy (non-hydrogen) atoms. The van der Waals surface area contributed by atoms with Crippen LogP contribution in [0.15, 0.2) is 34.9 Å². The second kappa shape index (κ2) is 8.98. The first-order valence-corrected chi connectivity index (χ1v) is 10.7. The van der Waals surface area contributed by atoms with Crippen LogP contribution in [-0.4, -0.2) is 26.6 Å². The lowest BCUT2D eigenvalue weighted by atomic mass is 9.91. The maximum atomic E-state index is 12.5. The molecular formula is C24H31N5O3. The number of primary amides is 1. The molecule has 0 aliphatic heterocycles. The Hall–Kier alpha value is -3.42. The Morgan fingerprint density at radius 2 is 1.78 bits per heavy atom. The summed E-state index contributed by atoms with van der Waals surface area (Å²) in [5.41, 5.74) is 14.6. The number of ketones is 1. The molecule has 0 bridgehead atoms. The molecule has 3 aromatic rings. The minimum absolute atomic E-state index is 0.0146. The van der Waals surface area contributed by atoms with Crippen molar-refractivity contribution >= 4 is 17.5 Å². The van der Waals surface area contributed by atoms with Crippen LogP contribution >= 0.6 is 0 Å². The van der Waals surface area contributed by atoms with Crippen molar-refractivity contribution in [1.29, 1.82) is 0 Å². The maximum Gasteiger partial charge on any atom is 0.254 e. The molecule has 2 heterocycles. The second-order valence-corrected chi connectivity index (χ2v) is 9.62. The molecule has 0 saturated carbocycles. The van der Waals surface area contributed by atoms with E-state index in [1.165, 1.54) is 0 Å². The monoisotopic (exact) mass is 437 g/mol. The first-order chi connectivity index (χ1) is 14.9. The number of rotatable bonds is 8. The SMILES string of the molecule is CC(C)n1nc(-c2ccc(CC(=O)Cc3cc(CC(C)(C)C)on3)cc2)c(C(N)=O)c1N. The quantitative estimate of drug-likeness (QED) is 0.552. The summed E-state index contributed by atoms with van der Waals surface area (Å²) in [6.07, 6.45) is 1.25. The minimum atomic E-state index is -0.623. The van der Waals surface area contributed by atoms with Crippen LogP contribution < -0.4 is 11.5 Å². The van der Waals surface area contributed by atoms with Gasteiger partial charge in [0.25, 0.3) is 5.91 Å². The Kier molecular flexibility index (Phi) is 6.52. The van der Waals surface area contributed by atoms with E-state index in [-0.39, 0.29) is 41.5 Å². The third kappa shape index (κ3) is 5.43. The van der Waals surface area contributed by atoms with E-state index in [1.807, 2.05) is 44.2 Å². The Morgan fingerprint density at radius 1 is 1.12 bits per heavy atom. The van der Waals surface area contributed by atoms with Crippen LogP contribution in [0, 0.1) is 5.41 Å². The van der Waals surface area contributed by atoms with Gasteiger partial charge < -0.3 is 16.0 Å². The molecule has 0 fully saturated rings. The van der Waals surface area contributed by atoms with Gasteiger partial charge in [-0.25, -0.2) is 4.68 Å². The summed E-state index contributed by atoms with van der Waals surface area (Å²) in [7, 11) is 0. The molecule has 2 aromatic heterocycles. The van der Waals surface area contributed by atoms with E-state index in [0.29, 0.717) is 17.0 Å². The highest BCUT2D eigenvalue weighted by Crippen LogP contribution is 2.29. The van der Waals surface area contributed by atoms with Gasteiger partial charge in [0.1, 0.15) is 28.6 Å². The average Bonchev–Trinajstić information content (AvgIpc) is 3.24. The predicted molar refractivity (Wildman–Crippen MR) is 123 cm³/mol. The zero-order chi connectivity index (χ0) is 23.6. The molecule has 0 radical (unpaired) electrons. The molecule has 0 atom stereocenters. The zero-order valence-corrected chi connectivity index (χ0v) is 19.3. The smallest absolute Gasteiger partial charge is 0.254 e. The number of nitrogen functional groups attached to an aromatic ring is 1. The van der Waals surface area contributed by atoms with Crippen LogP contribution in [0.2, 0.25) is 0 Å². The van der Waals surface area contributed by atoms with Gasteiger partial charge in [0.2, 0.25) is 0 Å². The van der Waals surface area contributed by atoms with Crippen LogP contribution in [0.25, 0.3) is 11.3 Å². The number of Topliss-reactive ketones (excluding diaryl/α,β-unsaturated/α-hetero) is 1. The molecule has 1 amide bonds. The largest absolute Gasteiger partial charge is 0.383 e. The normalized spacial score (nSPS) is 11.8. The lowest BCUT2D eigenvalue weighted by Gasteiger charge is -2.14. The molecule has 0 saturated heterocycles. The number of nitrogens with zero attached hydrogens (tertiary/aromatic N) is 3. The highest BCUT2D eigenvalue weighted by molar-refractivity contribution is 6.03. The molecule has 8 heteroatoms. The highest BCUT2D eigenvalue weighted by atomic mass is 16.5. The van der Waals surface area contributed by atoms with E-state index in [2.05, 4.69) is 31.0 Å². The van der Waals surface area contributed by atoms with E-state index in [1.54, 1.807) is 4.68 Å². The fourth-order valence-corrected chi connectivity index (χ4v) is 3.60. The first-order valence-electron chi connectivity index (χ1n) is 10.7. The van der Waals surface area contributed by atoms with Crippen molar-refractivity contribution in [2.45, 2.75) is 59.9 Å². The molecule has 0 aliphatic carbocycles. The number of carbonyl (C=O) groups excluding carboxylic acids is 2. The van der Waals surface area contributed by atoms with Gasteiger partial charge in [-0.05, 0) is 24.8 Å². The van der Waals surface area contributed by atoms with Crippen molar-refractivity contribution in [1.82, 2.24) is 14.9 Å². The number of aromatic nitrogens is 3. The summed E-state index contributed by atoms with van der Waals surface area (Å²) in [5.74, 6) is 0.455. The van der Waals surface area contributed by atoms with E-state index in [0.717, 1.165) is 17.7 Å². The van der Waals surface area contributed by atoms with E-state index >= 15 is 0 Å². The Bertz CT molecular complexity index is 1120. The van der Waals surface area contributed by atoms with Crippen LogP contribution in [-0.2, 0) is 24.1 Å². The fraction of sp³-hybridized carbons (Fsp3) is 0.417. The molecule has 3 rings (SSSR count). The molecular weight excluding hydrogens is 406 g/mol. The van der Waals surface area contributed by atoms with Gasteiger partial charge >= 0.3 is 0 Å². The first kappa shape index (κ1) is 23.2. The summed E-state index contributed by atoms with van der Waals surface area (Å²) >= 11 is 0. The molecule has 170 valence electrons. The number of carbonyl (C=O) groups is 2. The molecule has 0 unspecified atom stereocenters. The highest BCUT2D eigenvalue weighted by Gasteiger charge is 2.22. The average molecular weight is 438 g/mol. The summed E-state index contributed by atoms with van der Waals surface area (Å²) in [4.78, 5) is 24.5. The molecule has 0 spiro atoms. The predicted octanol–water partition coefficient (Wildman–Crippen LogP) is 3.74. The Labute approximate surface area is 188 Å². The maximum absolute atomic E-state index is 12.5. The standard InChI is InChI=1S/C24H31N5O3/c1-14(2)29-22(25)20(23(26)31)21(27-29)16-8-6-15(7-9-16)10-18(30)11-17-12-19(32-28-17)13-24(3,4)5/h6-9,12,14H,10-11,13,25H2,1-5H3,(H2,26,31). The number of anilines is 1. The van der Waals surface area contributed by atoms with Gasteiger partial charge in [-0.3, -0.25) is 9.59 Å². The van der Waals surface area contributed by atoms with Gasteiger partial charge in [0.05, 0.1) is 12.1 Å². The van der Waals surface area contributed by atoms with Crippen LogP contribution in [0.1, 0.15) is 68.0 Å². The summed E-state index contributed by atoms with van der Waals surface area (Å²) < 4.78 is 6.94. The van der Waals surface area contributed by atoms with Gasteiger partial charge in [-0.15, -0.1) is 0 Å². The minimum Gasteiger partial charge on any atom is -0.383 e. The summed E-state index contributed by atoms with van der Waals surface area (Å²) in [6, 6.07) is 9.16. The van der Waals surface area contributed by atoms with E-state index < -0.39 is 5.91 Å². The van der Waals surface area contributed by atoms with E-state index in [9.17, 15) is 9.59 Å². The fourth-order valence-electron chi connectivity index (χ4n) is 3.60. The molecule has 8 nitrogen and oxygen atoms in total. The third-order valence-electron chi connectivity index (χ3n) is 5.00. The zero-order valence-electron chi connectivity index (χ0n) is 19.3. The second-order valence-electron chi connectivity index (χ2n) is 9.62. The van der Waals surface area contributed by atoms with Crippen LogP contribution in [0.4, 0.5) is 5.82 Å². The molecule has 4 N–H and O–H groups in total. The number of amides is 1. The van der Waals surface area contributed by atoms with Crippen molar-refractivity contribution in [3.05, 3.63) is 52.9 Å². The number of nitrogens with two attached hydrogens (primary N) is 2. The van der Waals surface area contributed by atoms with E-state index in [4.69, 9.17) is 16.0 Å². The molecule has 0 aliphatic rings. The lowest BCUT2D eigenvalue weighted by Crippen LogP contribution is -2.15. The number of hydrogen-bond acceptors (Lipinski definition) is 6. The number of benzene rings is 1. The summed E-state index contributed by atoms with van der Waals surface area (Å²) in [6.45, 7) is 10.2. The van der Waals surface area contributed by atoms with Gasteiger partial charge in [0.15, 0.2) is 0 Å². The van der Waals surface area contributed by atoms with Gasteiger partial charge in [-0.2, -0.15) is 5.10 Å². The van der Waals surface area contributed by atoms with Gasteiger partial charge in [-0.1, -0.05) is 50.2 Å². The topological polar surface area (TPSA) is 130 Å². The van der Waals surface area contributed by atoms with Gasteiger partial charge in [0, 0.05) is 30.5 Å². The van der Waals surface area contributed by atoms with Crippen LogP contribution in [0.5, 0.6) is 0 Å².